The summed E-state index contributed by atoms with van der Waals surface area (Å²) in [5.74, 6) is 0. The molecule has 0 bridgehead atoms. The second-order valence-corrected chi connectivity index (χ2v) is 7.42. The van der Waals surface area contributed by atoms with Crippen LogP contribution in [-0.2, 0) is 6.42 Å². The van der Waals surface area contributed by atoms with Crippen molar-refractivity contribution in [2.24, 2.45) is 0 Å². The lowest BCUT2D eigenvalue weighted by molar-refractivity contribution is 0.182. The Hall–Kier alpha value is -2.97. The second-order valence-electron chi connectivity index (χ2n) is 7.42. The Bertz CT molecular complexity index is 920. The fourth-order valence-corrected chi connectivity index (χ4v) is 3.26. The summed E-state index contributed by atoms with van der Waals surface area (Å²) in [5.41, 5.74) is 6.95. The van der Waals surface area contributed by atoms with E-state index in [1.54, 1.807) is 0 Å². The van der Waals surface area contributed by atoms with Crippen molar-refractivity contribution in [2.75, 3.05) is 0 Å². The van der Waals surface area contributed by atoms with E-state index in [1.807, 2.05) is 31.3 Å². The summed E-state index contributed by atoms with van der Waals surface area (Å²) in [6.07, 6.45) is 11.5. The molecule has 2 nitrogen and oxygen atoms in total. The van der Waals surface area contributed by atoms with Crippen molar-refractivity contribution in [1.82, 2.24) is 4.98 Å². The average molecular weight is 384 g/mol. The third-order valence-corrected chi connectivity index (χ3v) is 4.95. The van der Waals surface area contributed by atoms with Gasteiger partial charge in [-0.05, 0) is 67.0 Å². The minimum atomic E-state index is -0.219. The highest BCUT2D eigenvalue weighted by Crippen LogP contribution is 2.25. The number of pyridine rings is 1. The van der Waals surface area contributed by atoms with Gasteiger partial charge in [-0.25, -0.2) is 0 Å². The number of hydrogen-bond donors (Lipinski definition) is 1. The Morgan fingerprint density at radius 1 is 0.897 bits per heavy atom. The molecule has 0 saturated heterocycles. The van der Waals surface area contributed by atoms with Gasteiger partial charge in [-0.1, -0.05) is 66.7 Å². The van der Waals surface area contributed by atoms with Crippen molar-refractivity contribution in [3.63, 3.8) is 0 Å². The first-order chi connectivity index (χ1) is 14.2. The average Bonchev–Trinajstić information content (AvgIpc) is 2.75. The van der Waals surface area contributed by atoms with Crippen LogP contribution in [0.3, 0.4) is 0 Å². The maximum absolute atomic E-state index is 9.28. The highest BCUT2D eigenvalue weighted by Gasteiger charge is 2.02. The molecule has 148 valence electrons. The van der Waals surface area contributed by atoms with Crippen LogP contribution in [-0.4, -0.2) is 16.2 Å². The first-order valence-corrected chi connectivity index (χ1v) is 10.3. The van der Waals surface area contributed by atoms with Crippen LogP contribution >= 0.6 is 0 Å². The monoisotopic (exact) mass is 383 g/mol. The van der Waals surface area contributed by atoms with Gasteiger partial charge in [0.1, 0.15) is 0 Å². The molecule has 0 amide bonds. The van der Waals surface area contributed by atoms with Crippen molar-refractivity contribution in [3.8, 4) is 22.3 Å². The quantitative estimate of drug-likeness (QED) is 0.329. The predicted molar refractivity (Wildman–Crippen MR) is 124 cm³/mol. The van der Waals surface area contributed by atoms with Gasteiger partial charge < -0.3 is 5.11 Å². The molecule has 0 fully saturated rings. The van der Waals surface area contributed by atoms with Gasteiger partial charge in [-0.3, -0.25) is 4.98 Å². The normalized spacial score (nSPS) is 12.2. The molecule has 0 saturated carbocycles. The summed E-state index contributed by atoms with van der Waals surface area (Å²) in [5, 5.41) is 9.28. The summed E-state index contributed by atoms with van der Waals surface area (Å²) in [6, 6.07) is 21.4. The van der Waals surface area contributed by atoms with Gasteiger partial charge in [0.05, 0.1) is 11.8 Å². The van der Waals surface area contributed by atoms with Crippen LogP contribution < -0.4 is 0 Å². The van der Waals surface area contributed by atoms with Gasteiger partial charge >= 0.3 is 0 Å². The van der Waals surface area contributed by atoms with Crippen molar-refractivity contribution in [1.29, 1.82) is 0 Å². The Labute approximate surface area is 174 Å². The molecule has 1 aromatic heterocycles. The summed E-state index contributed by atoms with van der Waals surface area (Å²) in [7, 11) is 0. The van der Waals surface area contributed by atoms with Crippen molar-refractivity contribution in [3.05, 3.63) is 96.8 Å². The molecule has 29 heavy (non-hydrogen) atoms. The molecule has 0 aliphatic carbocycles. The fourth-order valence-electron chi connectivity index (χ4n) is 3.26. The number of benzene rings is 2. The van der Waals surface area contributed by atoms with E-state index < -0.39 is 0 Å². The molecule has 1 N–H and O–H groups in total. The third-order valence-electron chi connectivity index (χ3n) is 4.95. The highest BCUT2D eigenvalue weighted by molar-refractivity contribution is 5.70. The summed E-state index contributed by atoms with van der Waals surface area (Å²) in [6.45, 7) is 5.62. The predicted octanol–water partition coefficient (Wildman–Crippen LogP) is 6.71. The number of allylic oxidation sites excluding steroid dienone is 2. The van der Waals surface area contributed by atoms with E-state index in [0.717, 1.165) is 42.5 Å². The molecular formula is C27H29NO. The molecule has 0 aliphatic rings. The first-order valence-electron chi connectivity index (χ1n) is 10.3. The fraction of sp³-hybridized carbons (Fsp3) is 0.222. The maximum atomic E-state index is 9.28. The van der Waals surface area contributed by atoms with Crippen LogP contribution in [0.5, 0.6) is 0 Å². The summed E-state index contributed by atoms with van der Waals surface area (Å²) < 4.78 is 0. The number of aliphatic hydroxyl groups excluding tert-OH is 1. The van der Waals surface area contributed by atoms with Gasteiger partial charge in [-0.2, -0.15) is 0 Å². The van der Waals surface area contributed by atoms with Gasteiger partial charge in [-0.15, -0.1) is 6.58 Å². The van der Waals surface area contributed by atoms with E-state index in [4.69, 9.17) is 0 Å². The maximum Gasteiger partial charge on any atom is 0.0626 e. The van der Waals surface area contributed by atoms with Crippen LogP contribution in [0, 0.1) is 0 Å². The Kier molecular flexibility index (Phi) is 7.54. The second kappa shape index (κ2) is 10.5. The zero-order valence-electron chi connectivity index (χ0n) is 17.1. The van der Waals surface area contributed by atoms with Gasteiger partial charge in [0.2, 0.25) is 0 Å². The minimum absolute atomic E-state index is 0.219. The van der Waals surface area contributed by atoms with Crippen LogP contribution in [0.25, 0.3) is 28.3 Å². The smallest absolute Gasteiger partial charge is 0.0626 e. The van der Waals surface area contributed by atoms with Crippen LogP contribution in [0.4, 0.5) is 0 Å². The minimum Gasteiger partial charge on any atom is -0.393 e. The topological polar surface area (TPSA) is 33.1 Å². The van der Waals surface area contributed by atoms with Gasteiger partial charge in [0.25, 0.3) is 0 Å². The number of unbranched alkanes of at least 4 members (excludes halogenated alkanes) is 1. The van der Waals surface area contributed by atoms with E-state index in [1.165, 1.54) is 16.7 Å². The van der Waals surface area contributed by atoms with Crippen LogP contribution in [0.15, 0.2) is 85.6 Å². The highest BCUT2D eigenvalue weighted by atomic mass is 16.3. The van der Waals surface area contributed by atoms with Crippen LogP contribution in [0.1, 0.15) is 37.4 Å². The third kappa shape index (κ3) is 6.27. The molecule has 3 rings (SSSR count). The molecule has 1 atom stereocenters. The van der Waals surface area contributed by atoms with Gasteiger partial charge in [0, 0.05) is 11.8 Å². The van der Waals surface area contributed by atoms with E-state index in [-0.39, 0.29) is 6.10 Å². The molecule has 0 spiro atoms. The Morgan fingerprint density at radius 3 is 2.03 bits per heavy atom. The summed E-state index contributed by atoms with van der Waals surface area (Å²) in [4.78, 5) is 4.55. The number of rotatable bonds is 9. The van der Waals surface area contributed by atoms with E-state index >= 15 is 0 Å². The van der Waals surface area contributed by atoms with Gasteiger partial charge in [0.15, 0.2) is 0 Å². The summed E-state index contributed by atoms with van der Waals surface area (Å²) >= 11 is 0. The standard InChI is InChI=1S/C27H29NO/c1-3-7-22-10-12-23(13-11-22)24-14-16-25(17-15-24)26-18-19-27(28-20-26)9-6-4-5-8-21(2)29/h3,6,9-21,29H,1,4-5,7-8H2,2H3. The molecule has 0 aliphatic heterocycles. The van der Waals surface area contributed by atoms with E-state index in [0.29, 0.717) is 0 Å². The first kappa shape index (κ1) is 20.8. The Balaban J connectivity index is 1.62. The van der Waals surface area contributed by atoms with Crippen molar-refractivity contribution < 1.29 is 5.11 Å². The molecule has 2 aromatic carbocycles. The lowest BCUT2D eigenvalue weighted by atomic mass is 10.00. The van der Waals surface area contributed by atoms with E-state index in [2.05, 4.69) is 72.2 Å². The van der Waals surface area contributed by atoms with Crippen molar-refractivity contribution in [2.45, 2.75) is 38.7 Å². The molecule has 1 unspecified atom stereocenters. The molecule has 3 aromatic rings. The lowest BCUT2D eigenvalue weighted by Crippen LogP contribution is -1.97. The lowest BCUT2D eigenvalue weighted by Gasteiger charge is -2.06. The van der Waals surface area contributed by atoms with E-state index in [9.17, 15) is 5.11 Å². The Morgan fingerprint density at radius 2 is 1.48 bits per heavy atom. The zero-order valence-corrected chi connectivity index (χ0v) is 17.1. The molecule has 0 radical (unpaired) electrons. The number of aromatic nitrogens is 1. The number of aliphatic hydroxyl groups is 1. The molecule has 1 heterocycles. The number of hydrogen-bond acceptors (Lipinski definition) is 2. The SMILES string of the molecule is C=CCc1ccc(-c2ccc(-c3ccc(C=CCCCC(C)O)nc3)cc2)cc1. The molecular weight excluding hydrogens is 354 g/mol. The van der Waals surface area contributed by atoms with Crippen molar-refractivity contribution >= 4 is 6.08 Å². The van der Waals surface area contributed by atoms with Crippen LogP contribution in [0.2, 0.25) is 0 Å². The number of nitrogens with zero attached hydrogens (tertiary/aromatic N) is 1. The molecule has 2 heteroatoms. The zero-order chi connectivity index (χ0) is 20.5. The largest absolute Gasteiger partial charge is 0.393 e.